The van der Waals surface area contributed by atoms with Gasteiger partial charge < -0.3 is 14.4 Å². The minimum Gasteiger partial charge on any atom is -0.481 e. The summed E-state index contributed by atoms with van der Waals surface area (Å²) in [7, 11) is 0. The molecule has 23 heavy (non-hydrogen) atoms. The highest BCUT2D eigenvalue weighted by molar-refractivity contribution is 9.10. The molecule has 0 aliphatic carbocycles. The van der Waals surface area contributed by atoms with Crippen molar-refractivity contribution >= 4 is 21.8 Å². The van der Waals surface area contributed by atoms with E-state index in [1.807, 2.05) is 6.07 Å². The Morgan fingerprint density at radius 3 is 2.83 bits per heavy atom. The third-order valence-corrected chi connectivity index (χ3v) is 4.00. The van der Waals surface area contributed by atoms with E-state index in [2.05, 4.69) is 20.9 Å². The molecular formula is C16H14BrFN2O3. The van der Waals surface area contributed by atoms with E-state index in [-0.39, 0.29) is 24.4 Å². The van der Waals surface area contributed by atoms with Crippen LogP contribution in [0, 0.1) is 5.82 Å². The van der Waals surface area contributed by atoms with Gasteiger partial charge in [0, 0.05) is 6.20 Å². The lowest BCUT2D eigenvalue weighted by atomic mass is 10.1. The summed E-state index contributed by atoms with van der Waals surface area (Å²) in [6.07, 6.45) is 1.54. The van der Waals surface area contributed by atoms with Gasteiger partial charge in [0.1, 0.15) is 6.10 Å². The highest BCUT2D eigenvalue weighted by Gasteiger charge is 2.33. The average molecular weight is 381 g/mol. The van der Waals surface area contributed by atoms with Gasteiger partial charge in [0.2, 0.25) is 5.88 Å². The van der Waals surface area contributed by atoms with Crippen molar-refractivity contribution < 1.29 is 18.7 Å². The van der Waals surface area contributed by atoms with Crippen LogP contribution in [0.3, 0.4) is 0 Å². The minimum absolute atomic E-state index is 0.0755. The summed E-state index contributed by atoms with van der Waals surface area (Å²) in [4.78, 5) is 17.7. The van der Waals surface area contributed by atoms with Gasteiger partial charge in [0.15, 0.2) is 18.2 Å². The molecule has 0 radical (unpaired) electrons. The van der Waals surface area contributed by atoms with Crippen molar-refractivity contribution in [3.63, 3.8) is 0 Å². The molecule has 1 amide bonds. The van der Waals surface area contributed by atoms with Gasteiger partial charge in [0.05, 0.1) is 17.6 Å². The lowest BCUT2D eigenvalue weighted by Gasteiger charge is -2.38. The predicted molar refractivity (Wildman–Crippen MR) is 84.8 cm³/mol. The number of amides is 1. The fraction of sp³-hybridized carbons (Fsp3) is 0.250. The molecular weight excluding hydrogens is 367 g/mol. The number of para-hydroxylation sites is 1. The van der Waals surface area contributed by atoms with Crippen LogP contribution < -0.4 is 9.47 Å². The fourth-order valence-electron chi connectivity index (χ4n) is 2.12. The van der Waals surface area contributed by atoms with E-state index in [0.29, 0.717) is 19.0 Å². The number of hydrogen-bond donors (Lipinski definition) is 0. The molecule has 0 atom stereocenters. The number of halogens is 2. The number of aromatic nitrogens is 1. The van der Waals surface area contributed by atoms with E-state index < -0.39 is 5.82 Å². The molecule has 1 fully saturated rings. The zero-order chi connectivity index (χ0) is 16.2. The molecule has 5 nitrogen and oxygen atoms in total. The molecule has 0 bridgehead atoms. The Kier molecular flexibility index (Phi) is 4.76. The quantitative estimate of drug-likeness (QED) is 0.799. The highest BCUT2D eigenvalue weighted by atomic mass is 79.9. The highest BCUT2D eigenvalue weighted by Crippen LogP contribution is 2.24. The first-order valence-corrected chi connectivity index (χ1v) is 7.85. The van der Waals surface area contributed by atoms with Crippen LogP contribution in [-0.2, 0) is 4.79 Å². The normalized spacial score (nSPS) is 14.3. The number of ether oxygens (including phenoxy) is 2. The molecule has 120 valence electrons. The summed E-state index contributed by atoms with van der Waals surface area (Å²) in [5.74, 6) is -0.0999. The molecule has 7 heteroatoms. The third-order valence-electron chi connectivity index (χ3n) is 3.39. The maximum atomic E-state index is 13.4. The number of pyridine rings is 1. The van der Waals surface area contributed by atoms with Crippen LogP contribution in [0.4, 0.5) is 4.39 Å². The molecule has 1 aromatic heterocycles. The Bertz CT molecular complexity index is 707. The lowest BCUT2D eigenvalue weighted by molar-refractivity contribution is -0.142. The maximum absolute atomic E-state index is 13.4. The monoisotopic (exact) mass is 380 g/mol. The van der Waals surface area contributed by atoms with Gasteiger partial charge >= 0.3 is 0 Å². The Labute approximate surface area is 141 Å². The zero-order valence-electron chi connectivity index (χ0n) is 12.1. The summed E-state index contributed by atoms with van der Waals surface area (Å²) in [5.41, 5.74) is 0. The molecule has 0 unspecified atom stereocenters. The standard InChI is InChI=1S/C16H14BrFN2O3/c17-12-4-3-7-19-16(12)23-11-8-20(9-11)15(21)10-22-14-6-2-1-5-13(14)18/h1-7,11H,8-10H2. The summed E-state index contributed by atoms with van der Waals surface area (Å²) < 4.78 is 25.1. The van der Waals surface area contributed by atoms with Gasteiger partial charge in [-0.15, -0.1) is 0 Å². The largest absolute Gasteiger partial charge is 0.481 e. The Morgan fingerprint density at radius 2 is 2.09 bits per heavy atom. The van der Waals surface area contributed by atoms with Crippen molar-refractivity contribution in [1.29, 1.82) is 0 Å². The van der Waals surface area contributed by atoms with Crippen molar-refractivity contribution in [3.8, 4) is 11.6 Å². The zero-order valence-corrected chi connectivity index (χ0v) is 13.7. The molecule has 1 aliphatic rings. The van der Waals surface area contributed by atoms with Gasteiger partial charge in [-0.1, -0.05) is 12.1 Å². The molecule has 0 N–H and O–H groups in total. The SMILES string of the molecule is O=C(COc1ccccc1F)N1CC(Oc2ncccc2Br)C1. The summed E-state index contributed by atoms with van der Waals surface area (Å²) in [5, 5.41) is 0. The van der Waals surface area contributed by atoms with Crippen LogP contribution in [0.5, 0.6) is 11.6 Å². The fourth-order valence-corrected chi connectivity index (χ4v) is 2.47. The maximum Gasteiger partial charge on any atom is 0.260 e. The van der Waals surface area contributed by atoms with E-state index in [1.165, 1.54) is 12.1 Å². The van der Waals surface area contributed by atoms with E-state index >= 15 is 0 Å². The number of carbonyl (C=O) groups is 1. The summed E-state index contributed by atoms with van der Waals surface area (Å²) in [6, 6.07) is 9.64. The Hall–Kier alpha value is -2.15. The number of carbonyl (C=O) groups excluding carboxylic acids is 1. The molecule has 0 spiro atoms. The van der Waals surface area contributed by atoms with Crippen molar-refractivity contribution in [2.24, 2.45) is 0 Å². The molecule has 1 aromatic carbocycles. The van der Waals surface area contributed by atoms with Gasteiger partial charge in [-0.2, -0.15) is 0 Å². The molecule has 3 rings (SSSR count). The van der Waals surface area contributed by atoms with Crippen LogP contribution in [0.1, 0.15) is 0 Å². The number of hydrogen-bond acceptors (Lipinski definition) is 4. The lowest BCUT2D eigenvalue weighted by Crippen LogP contribution is -2.57. The van der Waals surface area contributed by atoms with Gasteiger partial charge in [-0.3, -0.25) is 4.79 Å². The molecule has 1 saturated heterocycles. The second kappa shape index (κ2) is 6.95. The predicted octanol–water partition coefficient (Wildman–Crippen LogP) is 2.65. The number of benzene rings is 1. The second-order valence-electron chi connectivity index (χ2n) is 5.05. The molecule has 0 saturated carbocycles. The van der Waals surface area contributed by atoms with Crippen LogP contribution >= 0.6 is 15.9 Å². The summed E-state index contributed by atoms with van der Waals surface area (Å²) in [6.45, 7) is 0.728. The first-order valence-electron chi connectivity index (χ1n) is 7.06. The Morgan fingerprint density at radius 1 is 1.30 bits per heavy atom. The first-order chi connectivity index (χ1) is 11.1. The first kappa shape index (κ1) is 15.7. The second-order valence-corrected chi connectivity index (χ2v) is 5.90. The minimum atomic E-state index is -0.481. The van der Waals surface area contributed by atoms with Crippen molar-refractivity contribution in [3.05, 3.63) is 52.9 Å². The summed E-state index contributed by atoms with van der Waals surface area (Å²) >= 11 is 3.36. The Balaban J connectivity index is 1.45. The smallest absolute Gasteiger partial charge is 0.260 e. The van der Waals surface area contributed by atoms with Crippen LogP contribution in [0.25, 0.3) is 0 Å². The van der Waals surface area contributed by atoms with Crippen LogP contribution in [0.2, 0.25) is 0 Å². The van der Waals surface area contributed by atoms with Crippen molar-refractivity contribution in [1.82, 2.24) is 9.88 Å². The number of nitrogens with zero attached hydrogens (tertiary/aromatic N) is 2. The van der Waals surface area contributed by atoms with E-state index in [0.717, 1.165) is 4.47 Å². The number of rotatable bonds is 5. The third kappa shape index (κ3) is 3.79. The van der Waals surface area contributed by atoms with Gasteiger partial charge in [-0.05, 0) is 40.2 Å². The van der Waals surface area contributed by atoms with E-state index in [1.54, 1.807) is 29.3 Å². The van der Waals surface area contributed by atoms with Crippen molar-refractivity contribution in [2.75, 3.05) is 19.7 Å². The van der Waals surface area contributed by atoms with E-state index in [9.17, 15) is 9.18 Å². The number of likely N-dealkylation sites (tertiary alicyclic amines) is 1. The van der Waals surface area contributed by atoms with Gasteiger partial charge in [-0.25, -0.2) is 9.37 Å². The topological polar surface area (TPSA) is 51.7 Å². The van der Waals surface area contributed by atoms with Gasteiger partial charge in [0.25, 0.3) is 5.91 Å². The molecule has 2 heterocycles. The van der Waals surface area contributed by atoms with E-state index in [4.69, 9.17) is 9.47 Å². The average Bonchev–Trinajstić information content (AvgIpc) is 2.51. The van der Waals surface area contributed by atoms with Crippen LogP contribution in [0.15, 0.2) is 47.1 Å². The van der Waals surface area contributed by atoms with Crippen LogP contribution in [-0.4, -0.2) is 41.6 Å². The van der Waals surface area contributed by atoms with Crippen molar-refractivity contribution in [2.45, 2.75) is 6.10 Å². The molecule has 1 aliphatic heterocycles. The molecule has 2 aromatic rings.